The Balaban J connectivity index is 0.00000243. The Hall–Kier alpha value is -0.570. The highest BCUT2D eigenvalue weighted by atomic mass is 127. The SMILES string of the molecule is I.NC(=NCCN1CCN(C(=O)C2CCCCC2)CC1)NC1CCCC1. The lowest BCUT2D eigenvalue weighted by molar-refractivity contribution is -0.138. The average molecular weight is 477 g/mol. The van der Waals surface area contributed by atoms with Gasteiger partial charge in [0.1, 0.15) is 0 Å². The van der Waals surface area contributed by atoms with Crippen LogP contribution in [0.2, 0.25) is 0 Å². The molecule has 0 aromatic carbocycles. The number of nitrogens with one attached hydrogen (secondary N) is 1. The minimum Gasteiger partial charge on any atom is -0.370 e. The van der Waals surface area contributed by atoms with E-state index in [0.29, 0.717) is 23.8 Å². The second-order valence-corrected chi connectivity index (χ2v) is 7.89. The van der Waals surface area contributed by atoms with Gasteiger partial charge in [-0.3, -0.25) is 14.7 Å². The summed E-state index contributed by atoms with van der Waals surface area (Å²) in [6.45, 7) is 5.33. The summed E-state index contributed by atoms with van der Waals surface area (Å²) in [5.41, 5.74) is 5.98. The molecule has 3 rings (SSSR count). The van der Waals surface area contributed by atoms with Crippen molar-refractivity contribution in [1.29, 1.82) is 0 Å². The number of piperazine rings is 1. The Labute approximate surface area is 175 Å². The fourth-order valence-electron chi connectivity index (χ4n) is 4.44. The molecule has 0 radical (unpaired) electrons. The predicted molar refractivity (Wildman–Crippen MR) is 117 cm³/mol. The minimum atomic E-state index is 0. The average Bonchev–Trinajstić information content (AvgIpc) is 3.15. The first-order valence-electron chi connectivity index (χ1n) is 10.3. The highest BCUT2D eigenvalue weighted by molar-refractivity contribution is 14.0. The summed E-state index contributed by atoms with van der Waals surface area (Å²) in [5, 5.41) is 3.33. The standard InChI is InChI=1S/C19H35N5O.HI/c20-19(22-17-8-4-5-9-17)21-10-11-23-12-14-24(15-13-23)18(25)16-6-2-1-3-7-16;/h16-17H,1-15H2,(H3,20,21,22);1H. The third-order valence-electron chi connectivity index (χ3n) is 6.04. The first-order chi connectivity index (χ1) is 12.2. The second-order valence-electron chi connectivity index (χ2n) is 7.89. The van der Waals surface area contributed by atoms with E-state index in [4.69, 9.17) is 5.73 Å². The van der Waals surface area contributed by atoms with Crippen LogP contribution in [0.15, 0.2) is 4.99 Å². The number of guanidine groups is 1. The molecule has 1 heterocycles. The van der Waals surface area contributed by atoms with Crippen LogP contribution in [0.4, 0.5) is 0 Å². The van der Waals surface area contributed by atoms with Crippen LogP contribution in [0, 0.1) is 5.92 Å². The highest BCUT2D eigenvalue weighted by Gasteiger charge is 2.28. The lowest BCUT2D eigenvalue weighted by Crippen LogP contribution is -2.51. The zero-order valence-electron chi connectivity index (χ0n) is 16.0. The van der Waals surface area contributed by atoms with Crippen molar-refractivity contribution >= 4 is 35.8 Å². The summed E-state index contributed by atoms with van der Waals surface area (Å²) in [4.78, 5) is 21.5. The van der Waals surface area contributed by atoms with E-state index in [1.807, 2.05) is 0 Å². The van der Waals surface area contributed by atoms with E-state index in [-0.39, 0.29) is 24.0 Å². The van der Waals surface area contributed by atoms with Crippen LogP contribution in [0.5, 0.6) is 0 Å². The molecule has 3 aliphatic rings. The molecule has 1 saturated heterocycles. The Bertz CT molecular complexity index is 453. The minimum absolute atomic E-state index is 0. The molecule has 0 aromatic rings. The van der Waals surface area contributed by atoms with Crippen LogP contribution in [0.1, 0.15) is 57.8 Å². The molecule has 0 atom stereocenters. The molecule has 1 amide bonds. The van der Waals surface area contributed by atoms with Gasteiger partial charge in [-0.1, -0.05) is 32.1 Å². The summed E-state index contributed by atoms with van der Waals surface area (Å²) >= 11 is 0. The summed E-state index contributed by atoms with van der Waals surface area (Å²) in [5.74, 6) is 1.30. The number of halogens is 1. The fraction of sp³-hybridized carbons (Fsp3) is 0.895. The summed E-state index contributed by atoms with van der Waals surface area (Å²) in [6.07, 6.45) is 11.0. The number of aliphatic imine (C=N–C) groups is 1. The third-order valence-corrected chi connectivity index (χ3v) is 6.04. The van der Waals surface area contributed by atoms with Gasteiger partial charge in [0, 0.05) is 44.7 Å². The van der Waals surface area contributed by atoms with Crippen LogP contribution in [-0.4, -0.2) is 67.0 Å². The maximum Gasteiger partial charge on any atom is 0.225 e. The van der Waals surface area contributed by atoms with Gasteiger partial charge in [-0.25, -0.2) is 0 Å². The van der Waals surface area contributed by atoms with Gasteiger partial charge >= 0.3 is 0 Å². The number of rotatable bonds is 5. The van der Waals surface area contributed by atoms with E-state index in [0.717, 1.165) is 52.1 Å². The van der Waals surface area contributed by atoms with Crippen molar-refractivity contribution in [3.05, 3.63) is 0 Å². The third kappa shape index (κ3) is 6.55. The smallest absolute Gasteiger partial charge is 0.225 e. The van der Waals surface area contributed by atoms with Gasteiger partial charge in [0.2, 0.25) is 5.91 Å². The molecule has 2 saturated carbocycles. The first kappa shape index (κ1) is 21.7. The van der Waals surface area contributed by atoms with Crippen LogP contribution < -0.4 is 11.1 Å². The number of hydrogen-bond donors (Lipinski definition) is 2. The van der Waals surface area contributed by atoms with Crippen LogP contribution in [0.3, 0.4) is 0 Å². The lowest BCUT2D eigenvalue weighted by Gasteiger charge is -2.37. The normalized spacial score (nSPS) is 23.7. The van der Waals surface area contributed by atoms with Crippen LogP contribution in [0.25, 0.3) is 0 Å². The van der Waals surface area contributed by atoms with Gasteiger partial charge in [0.05, 0.1) is 6.54 Å². The van der Waals surface area contributed by atoms with Gasteiger partial charge in [0.15, 0.2) is 5.96 Å². The van der Waals surface area contributed by atoms with E-state index in [2.05, 4.69) is 20.1 Å². The molecule has 0 unspecified atom stereocenters. The van der Waals surface area contributed by atoms with Gasteiger partial charge in [0.25, 0.3) is 0 Å². The van der Waals surface area contributed by atoms with Crippen molar-refractivity contribution in [1.82, 2.24) is 15.1 Å². The summed E-state index contributed by atoms with van der Waals surface area (Å²) in [6, 6.07) is 0.526. The zero-order chi connectivity index (χ0) is 17.5. The largest absolute Gasteiger partial charge is 0.370 e. The van der Waals surface area contributed by atoms with E-state index in [1.165, 1.54) is 44.9 Å². The van der Waals surface area contributed by atoms with Crippen LogP contribution >= 0.6 is 24.0 Å². The molecule has 0 bridgehead atoms. The topological polar surface area (TPSA) is 74.0 Å². The van der Waals surface area contributed by atoms with E-state index < -0.39 is 0 Å². The molecule has 6 nitrogen and oxygen atoms in total. The van der Waals surface area contributed by atoms with Gasteiger partial charge in [-0.15, -0.1) is 24.0 Å². The molecule has 7 heteroatoms. The number of nitrogens with zero attached hydrogens (tertiary/aromatic N) is 3. The number of nitrogens with two attached hydrogens (primary N) is 1. The number of carbonyl (C=O) groups excluding carboxylic acids is 1. The van der Waals surface area contributed by atoms with E-state index in [9.17, 15) is 4.79 Å². The quantitative estimate of drug-likeness (QED) is 0.362. The molecule has 1 aliphatic heterocycles. The monoisotopic (exact) mass is 477 g/mol. The number of amides is 1. The van der Waals surface area contributed by atoms with Crippen molar-refractivity contribution in [2.75, 3.05) is 39.3 Å². The van der Waals surface area contributed by atoms with E-state index in [1.54, 1.807) is 0 Å². The van der Waals surface area contributed by atoms with Gasteiger partial charge in [-0.05, 0) is 25.7 Å². The van der Waals surface area contributed by atoms with Crippen molar-refractivity contribution in [2.45, 2.75) is 63.8 Å². The highest BCUT2D eigenvalue weighted by Crippen LogP contribution is 2.25. The van der Waals surface area contributed by atoms with Crippen molar-refractivity contribution in [2.24, 2.45) is 16.6 Å². The maximum absolute atomic E-state index is 12.6. The Morgan fingerprint density at radius 1 is 0.962 bits per heavy atom. The van der Waals surface area contributed by atoms with Gasteiger partial charge < -0.3 is 16.0 Å². The Kier molecular flexibility index (Phi) is 9.45. The molecule has 3 fully saturated rings. The van der Waals surface area contributed by atoms with Crippen molar-refractivity contribution in [3.8, 4) is 0 Å². The van der Waals surface area contributed by atoms with Gasteiger partial charge in [-0.2, -0.15) is 0 Å². The Morgan fingerprint density at radius 2 is 1.58 bits per heavy atom. The number of hydrogen-bond acceptors (Lipinski definition) is 3. The zero-order valence-corrected chi connectivity index (χ0v) is 18.3. The molecule has 3 N–H and O–H groups in total. The molecule has 2 aliphatic carbocycles. The maximum atomic E-state index is 12.6. The molecular weight excluding hydrogens is 441 g/mol. The first-order valence-corrected chi connectivity index (χ1v) is 10.3. The number of carbonyl (C=O) groups is 1. The lowest BCUT2D eigenvalue weighted by atomic mass is 9.88. The summed E-state index contributed by atoms with van der Waals surface area (Å²) < 4.78 is 0. The van der Waals surface area contributed by atoms with Crippen molar-refractivity contribution in [3.63, 3.8) is 0 Å². The molecule has 150 valence electrons. The predicted octanol–water partition coefficient (Wildman–Crippen LogP) is 2.18. The fourth-order valence-corrected chi connectivity index (χ4v) is 4.44. The molecular formula is C19H36IN5O. The van der Waals surface area contributed by atoms with Crippen LogP contribution in [-0.2, 0) is 4.79 Å². The molecule has 0 spiro atoms. The van der Waals surface area contributed by atoms with E-state index >= 15 is 0 Å². The second kappa shape index (κ2) is 11.3. The Morgan fingerprint density at radius 3 is 2.23 bits per heavy atom. The molecule has 0 aromatic heterocycles. The van der Waals surface area contributed by atoms with Crippen molar-refractivity contribution < 1.29 is 4.79 Å². The summed E-state index contributed by atoms with van der Waals surface area (Å²) in [7, 11) is 0. The molecule has 26 heavy (non-hydrogen) atoms.